The van der Waals surface area contributed by atoms with E-state index in [0.29, 0.717) is 0 Å². The Morgan fingerprint density at radius 3 is 3.10 bits per heavy atom. The molecular weight excluding hydrogens is 128 g/mol. The van der Waals surface area contributed by atoms with Crippen LogP contribution in [0.4, 0.5) is 5.95 Å². The third-order valence-electron chi connectivity index (χ3n) is 1.25. The van der Waals surface area contributed by atoms with E-state index in [4.69, 9.17) is 0 Å². The molecule has 4 nitrogen and oxygen atoms in total. The van der Waals surface area contributed by atoms with Crippen molar-refractivity contribution in [3.05, 3.63) is 6.33 Å². The van der Waals surface area contributed by atoms with Gasteiger partial charge in [-0.1, -0.05) is 13.8 Å². The van der Waals surface area contributed by atoms with Gasteiger partial charge in [-0.25, -0.2) is 0 Å². The average Bonchev–Trinajstić information content (AvgIpc) is 2.49. The maximum Gasteiger partial charge on any atom is 0.224 e. The maximum atomic E-state index is 3.80. The SMILES string of the molecule is CC.c1nnc2n1CCN2. The van der Waals surface area contributed by atoms with Gasteiger partial charge in [-0.2, -0.15) is 0 Å². The summed E-state index contributed by atoms with van der Waals surface area (Å²) in [5, 5.41) is 10.6. The van der Waals surface area contributed by atoms with Crippen LogP contribution in [0.15, 0.2) is 6.33 Å². The fraction of sp³-hybridized carbons (Fsp3) is 0.667. The molecule has 0 fully saturated rings. The van der Waals surface area contributed by atoms with Gasteiger partial charge in [0.15, 0.2) is 0 Å². The van der Waals surface area contributed by atoms with Crippen molar-refractivity contribution in [2.75, 3.05) is 11.9 Å². The minimum atomic E-state index is 0.894. The Bertz CT molecular complexity index is 175. The second-order valence-electron chi connectivity index (χ2n) is 1.77. The van der Waals surface area contributed by atoms with Crippen LogP contribution in [0, 0.1) is 0 Å². The largest absolute Gasteiger partial charge is 0.353 e. The molecule has 0 unspecified atom stereocenters. The summed E-state index contributed by atoms with van der Waals surface area (Å²) in [4.78, 5) is 0. The Hall–Kier alpha value is -1.06. The zero-order chi connectivity index (χ0) is 7.40. The fourth-order valence-electron chi connectivity index (χ4n) is 0.844. The van der Waals surface area contributed by atoms with Gasteiger partial charge in [0, 0.05) is 13.1 Å². The van der Waals surface area contributed by atoms with Crippen LogP contribution in [-0.2, 0) is 6.54 Å². The van der Waals surface area contributed by atoms with Crippen molar-refractivity contribution in [2.45, 2.75) is 20.4 Å². The average molecular weight is 140 g/mol. The first-order chi connectivity index (χ1) is 4.97. The number of hydrogen-bond donors (Lipinski definition) is 1. The monoisotopic (exact) mass is 140 g/mol. The Labute approximate surface area is 60.3 Å². The number of rotatable bonds is 0. The van der Waals surface area contributed by atoms with Crippen LogP contribution in [0.25, 0.3) is 0 Å². The van der Waals surface area contributed by atoms with Crippen LogP contribution in [-0.4, -0.2) is 21.3 Å². The Morgan fingerprint density at radius 1 is 1.60 bits per heavy atom. The minimum absolute atomic E-state index is 0.894. The lowest BCUT2D eigenvalue weighted by Crippen LogP contribution is -1.94. The molecule has 10 heavy (non-hydrogen) atoms. The molecule has 2 heterocycles. The van der Waals surface area contributed by atoms with Crippen LogP contribution < -0.4 is 5.32 Å². The van der Waals surface area contributed by atoms with E-state index in [1.54, 1.807) is 6.33 Å². The topological polar surface area (TPSA) is 42.7 Å². The molecule has 1 N–H and O–H groups in total. The van der Waals surface area contributed by atoms with Crippen LogP contribution in [0.5, 0.6) is 0 Å². The lowest BCUT2D eigenvalue weighted by atomic mass is 10.7. The zero-order valence-electron chi connectivity index (χ0n) is 6.33. The first-order valence-corrected chi connectivity index (χ1v) is 3.58. The van der Waals surface area contributed by atoms with Crippen molar-refractivity contribution in [3.8, 4) is 0 Å². The third kappa shape index (κ3) is 1.10. The predicted molar refractivity (Wildman–Crippen MR) is 39.9 cm³/mol. The van der Waals surface area contributed by atoms with E-state index in [0.717, 1.165) is 19.0 Å². The number of nitrogens with zero attached hydrogens (tertiary/aromatic N) is 3. The summed E-state index contributed by atoms with van der Waals surface area (Å²) in [5.41, 5.74) is 0. The summed E-state index contributed by atoms with van der Waals surface area (Å²) >= 11 is 0. The molecule has 0 saturated heterocycles. The number of aromatic nitrogens is 3. The van der Waals surface area contributed by atoms with Crippen molar-refractivity contribution in [3.63, 3.8) is 0 Å². The summed E-state index contributed by atoms with van der Waals surface area (Å²) in [6.45, 7) is 5.99. The molecule has 1 aromatic rings. The molecule has 0 bridgehead atoms. The van der Waals surface area contributed by atoms with E-state index in [1.807, 2.05) is 18.4 Å². The Kier molecular flexibility index (Phi) is 2.25. The number of nitrogens with one attached hydrogen (secondary N) is 1. The minimum Gasteiger partial charge on any atom is -0.353 e. The van der Waals surface area contributed by atoms with Gasteiger partial charge in [0.2, 0.25) is 5.95 Å². The molecule has 1 aromatic heterocycles. The van der Waals surface area contributed by atoms with Gasteiger partial charge in [0.05, 0.1) is 0 Å². The molecule has 0 atom stereocenters. The standard InChI is InChI=1S/C4H6N4.C2H6/c1-2-8-3-6-7-4(8)5-1;1-2/h3H,1-2H2,(H,5,7);1-2H3. The highest BCUT2D eigenvalue weighted by Crippen LogP contribution is 2.06. The smallest absolute Gasteiger partial charge is 0.224 e. The lowest BCUT2D eigenvalue weighted by molar-refractivity contribution is 0.799. The molecule has 0 radical (unpaired) electrons. The molecule has 4 heteroatoms. The molecule has 0 saturated carbocycles. The Balaban J connectivity index is 0.000000231. The second-order valence-corrected chi connectivity index (χ2v) is 1.77. The second kappa shape index (κ2) is 3.20. The van der Waals surface area contributed by atoms with Gasteiger partial charge in [0.1, 0.15) is 6.33 Å². The normalized spacial score (nSPS) is 13.0. The van der Waals surface area contributed by atoms with Gasteiger partial charge < -0.3 is 5.32 Å². The van der Waals surface area contributed by atoms with Crippen LogP contribution in [0.1, 0.15) is 13.8 Å². The molecule has 0 spiro atoms. The molecule has 1 aliphatic rings. The molecule has 0 aromatic carbocycles. The number of fused-ring (bicyclic) bond motifs is 1. The summed E-state index contributed by atoms with van der Waals surface area (Å²) in [6, 6.07) is 0. The van der Waals surface area contributed by atoms with E-state index in [-0.39, 0.29) is 0 Å². The van der Waals surface area contributed by atoms with Crippen molar-refractivity contribution in [1.29, 1.82) is 0 Å². The van der Waals surface area contributed by atoms with Crippen LogP contribution in [0.3, 0.4) is 0 Å². The van der Waals surface area contributed by atoms with Crippen molar-refractivity contribution in [1.82, 2.24) is 14.8 Å². The molecule has 2 rings (SSSR count). The molecule has 56 valence electrons. The van der Waals surface area contributed by atoms with Crippen molar-refractivity contribution >= 4 is 5.95 Å². The van der Waals surface area contributed by atoms with Crippen LogP contribution >= 0.6 is 0 Å². The maximum absolute atomic E-state index is 3.80. The van der Waals surface area contributed by atoms with E-state index < -0.39 is 0 Å². The van der Waals surface area contributed by atoms with Gasteiger partial charge >= 0.3 is 0 Å². The zero-order valence-corrected chi connectivity index (χ0v) is 6.33. The van der Waals surface area contributed by atoms with E-state index >= 15 is 0 Å². The lowest BCUT2D eigenvalue weighted by Gasteiger charge is -1.84. The number of hydrogen-bond acceptors (Lipinski definition) is 3. The van der Waals surface area contributed by atoms with Gasteiger partial charge in [-0.3, -0.25) is 4.57 Å². The van der Waals surface area contributed by atoms with Crippen molar-refractivity contribution in [2.24, 2.45) is 0 Å². The third-order valence-corrected chi connectivity index (χ3v) is 1.25. The Morgan fingerprint density at radius 2 is 2.40 bits per heavy atom. The summed E-state index contributed by atoms with van der Waals surface area (Å²) < 4.78 is 1.99. The highest BCUT2D eigenvalue weighted by atomic mass is 15.4. The molecule has 0 aliphatic carbocycles. The number of anilines is 1. The van der Waals surface area contributed by atoms with E-state index in [9.17, 15) is 0 Å². The molecule has 0 amide bonds. The fourth-order valence-corrected chi connectivity index (χ4v) is 0.844. The summed E-state index contributed by atoms with van der Waals surface area (Å²) in [5.74, 6) is 0.894. The highest BCUT2D eigenvalue weighted by molar-refractivity contribution is 5.26. The summed E-state index contributed by atoms with van der Waals surface area (Å²) in [6.07, 6.45) is 1.73. The summed E-state index contributed by atoms with van der Waals surface area (Å²) in [7, 11) is 0. The molecule has 1 aliphatic heterocycles. The molecular formula is C6H12N4. The first-order valence-electron chi connectivity index (χ1n) is 3.58. The van der Waals surface area contributed by atoms with Crippen LogP contribution in [0.2, 0.25) is 0 Å². The van der Waals surface area contributed by atoms with E-state index in [2.05, 4.69) is 15.5 Å². The van der Waals surface area contributed by atoms with Gasteiger partial charge in [-0.05, 0) is 0 Å². The van der Waals surface area contributed by atoms with Crippen molar-refractivity contribution < 1.29 is 0 Å². The quantitative estimate of drug-likeness (QED) is 0.577. The van der Waals surface area contributed by atoms with Gasteiger partial charge in [-0.15, -0.1) is 10.2 Å². The predicted octanol–water partition coefficient (Wildman–Crippen LogP) is 0.730. The van der Waals surface area contributed by atoms with E-state index in [1.165, 1.54) is 0 Å². The highest BCUT2D eigenvalue weighted by Gasteiger charge is 2.07. The van der Waals surface area contributed by atoms with Gasteiger partial charge in [0.25, 0.3) is 0 Å². The first kappa shape index (κ1) is 7.05.